The number of para-hydroxylation sites is 1. The number of fused-ring (bicyclic) bond motifs is 3. The van der Waals surface area contributed by atoms with Crippen LogP contribution in [0.5, 0.6) is 0 Å². The van der Waals surface area contributed by atoms with Gasteiger partial charge in [-0.3, -0.25) is 4.90 Å². The fourth-order valence-corrected chi connectivity index (χ4v) is 4.95. The van der Waals surface area contributed by atoms with Crippen molar-refractivity contribution < 1.29 is 0 Å². The molecule has 1 fully saturated rings. The van der Waals surface area contributed by atoms with Crippen LogP contribution in [0.4, 0.5) is 0 Å². The van der Waals surface area contributed by atoms with Crippen LogP contribution >= 0.6 is 24.8 Å². The molecule has 1 aliphatic heterocycles. The van der Waals surface area contributed by atoms with Crippen molar-refractivity contribution in [3.05, 3.63) is 83.9 Å². The topological polar surface area (TPSA) is 20.2 Å². The predicted octanol–water partition coefficient (Wildman–Crippen LogP) is 6.41. The number of aromatic nitrogens is 1. The zero-order valence-corrected chi connectivity index (χ0v) is 20.3. The van der Waals surface area contributed by atoms with Crippen LogP contribution in [-0.2, 0) is 19.6 Å². The van der Waals surface area contributed by atoms with Crippen LogP contribution in [0.3, 0.4) is 0 Å². The Morgan fingerprint density at radius 1 is 0.781 bits per heavy atom. The monoisotopic (exact) mass is 469 g/mol. The van der Waals surface area contributed by atoms with E-state index in [1.165, 1.54) is 58.9 Å². The van der Waals surface area contributed by atoms with Gasteiger partial charge in [0.1, 0.15) is 0 Å². The number of nitrogens with one attached hydrogen (secondary N) is 1. The summed E-state index contributed by atoms with van der Waals surface area (Å²) in [6.45, 7) is 7.61. The zero-order valence-electron chi connectivity index (χ0n) is 18.7. The quantitative estimate of drug-likeness (QED) is 0.351. The molecule has 3 nitrogen and oxygen atoms in total. The van der Waals surface area contributed by atoms with Crippen LogP contribution < -0.4 is 5.32 Å². The molecule has 1 saturated heterocycles. The SMILES string of the molecule is CCn1c2ccccc2c2cc(CNC3CCN(Cc4ccccc4)CC3)ccc21.Cl.Cl. The van der Waals surface area contributed by atoms with Gasteiger partial charge in [-0.15, -0.1) is 24.8 Å². The third-order valence-electron chi connectivity index (χ3n) is 6.58. The molecule has 0 saturated carbocycles. The summed E-state index contributed by atoms with van der Waals surface area (Å²) in [6.07, 6.45) is 2.45. The summed E-state index contributed by atoms with van der Waals surface area (Å²) in [5, 5.41) is 6.57. The Bertz CT molecular complexity index is 1130. The highest BCUT2D eigenvalue weighted by Crippen LogP contribution is 2.29. The normalized spacial score (nSPS) is 14.9. The second-order valence-electron chi connectivity index (χ2n) is 8.53. The lowest BCUT2D eigenvalue weighted by Crippen LogP contribution is -2.41. The molecule has 5 rings (SSSR count). The summed E-state index contributed by atoms with van der Waals surface area (Å²) in [5.41, 5.74) is 5.49. The van der Waals surface area contributed by atoms with E-state index in [1.54, 1.807) is 0 Å². The first kappa shape index (κ1) is 24.6. The Morgan fingerprint density at radius 2 is 1.47 bits per heavy atom. The number of nitrogens with zero attached hydrogens (tertiary/aromatic N) is 2. The van der Waals surface area contributed by atoms with Crippen molar-refractivity contribution in [2.45, 2.75) is 45.4 Å². The first-order chi connectivity index (χ1) is 14.8. The summed E-state index contributed by atoms with van der Waals surface area (Å²) < 4.78 is 2.42. The average Bonchev–Trinajstić information content (AvgIpc) is 3.12. The molecule has 0 unspecified atom stereocenters. The van der Waals surface area contributed by atoms with Gasteiger partial charge in [-0.2, -0.15) is 0 Å². The molecule has 4 aromatic rings. The molecule has 170 valence electrons. The Morgan fingerprint density at radius 3 is 2.22 bits per heavy atom. The van der Waals surface area contributed by atoms with E-state index in [2.05, 4.69) is 94.5 Å². The highest BCUT2D eigenvalue weighted by atomic mass is 35.5. The second kappa shape index (κ2) is 11.2. The van der Waals surface area contributed by atoms with Gasteiger partial charge in [-0.1, -0.05) is 54.6 Å². The largest absolute Gasteiger partial charge is 0.341 e. The van der Waals surface area contributed by atoms with E-state index >= 15 is 0 Å². The van der Waals surface area contributed by atoms with Crippen molar-refractivity contribution in [2.75, 3.05) is 13.1 Å². The van der Waals surface area contributed by atoms with Crippen LogP contribution in [0.25, 0.3) is 21.8 Å². The van der Waals surface area contributed by atoms with Gasteiger partial charge in [-0.05, 0) is 62.2 Å². The van der Waals surface area contributed by atoms with Crippen LogP contribution in [-0.4, -0.2) is 28.6 Å². The Labute approximate surface area is 203 Å². The molecule has 1 aromatic heterocycles. The second-order valence-corrected chi connectivity index (χ2v) is 8.53. The molecule has 3 aromatic carbocycles. The maximum Gasteiger partial charge on any atom is 0.0491 e. The number of hydrogen-bond donors (Lipinski definition) is 1. The Hall–Kier alpha value is -2.04. The van der Waals surface area contributed by atoms with Gasteiger partial charge in [0.05, 0.1) is 0 Å². The molecule has 0 bridgehead atoms. The van der Waals surface area contributed by atoms with Crippen molar-refractivity contribution in [1.82, 2.24) is 14.8 Å². The summed E-state index contributed by atoms with van der Waals surface area (Å²) in [5.74, 6) is 0. The highest BCUT2D eigenvalue weighted by Gasteiger charge is 2.19. The molecule has 0 radical (unpaired) electrons. The molecule has 0 amide bonds. The molecular formula is C27H33Cl2N3. The predicted molar refractivity (Wildman–Crippen MR) is 141 cm³/mol. The van der Waals surface area contributed by atoms with Crippen LogP contribution in [0, 0.1) is 0 Å². The molecular weight excluding hydrogens is 437 g/mol. The molecule has 1 aliphatic rings. The maximum atomic E-state index is 3.82. The van der Waals surface area contributed by atoms with Gasteiger partial charge in [0, 0.05) is 47.5 Å². The number of likely N-dealkylation sites (tertiary alicyclic amines) is 1. The standard InChI is InChI=1S/C27H31N3.2ClH/c1-2-30-26-11-7-6-10-24(26)25-18-22(12-13-27(25)30)19-28-23-14-16-29(17-15-23)20-21-8-4-3-5-9-21;;/h3-13,18,23,28H,2,14-17,19-20H2,1H3;2*1H. The van der Waals surface area contributed by atoms with Crippen LogP contribution in [0.2, 0.25) is 0 Å². The van der Waals surface area contributed by atoms with Crippen molar-refractivity contribution in [2.24, 2.45) is 0 Å². The number of rotatable bonds is 6. The smallest absolute Gasteiger partial charge is 0.0491 e. The van der Waals surface area contributed by atoms with Gasteiger partial charge < -0.3 is 9.88 Å². The van der Waals surface area contributed by atoms with E-state index in [-0.39, 0.29) is 24.8 Å². The fourth-order valence-electron chi connectivity index (χ4n) is 4.95. The number of halogens is 2. The summed E-state index contributed by atoms with van der Waals surface area (Å²) in [7, 11) is 0. The lowest BCUT2D eigenvalue weighted by atomic mass is 10.0. The average molecular weight is 470 g/mol. The van der Waals surface area contributed by atoms with Gasteiger partial charge in [0.2, 0.25) is 0 Å². The van der Waals surface area contributed by atoms with E-state index in [0.29, 0.717) is 6.04 Å². The van der Waals surface area contributed by atoms with Gasteiger partial charge in [-0.25, -0.2) is 0 Å². The van der Waals surface area contributed by atoms with Crippen LogP contribution in [0.1, 0.15) is 30.9 Å². The fraction of sp³-hybridized carbons (Fsp3) is 0.333. The molecule has 32 heavy (non-hydrogen) atoms. The third-order valence-corrected chi connectivity index (χ3v) is 6.58. The van der Waals surface area contributed by atoms with Crippen molar-refractivity contribution >= 4 is 46.6 Å². The first-order valence-corrected chi connectivity index (χ1v) is 11.3. The molecule has 5 heteroatoms. The molecule has 0 spiro atoms. The van der Waals surface area contributed by atoms with E-state index in [9.17, 15) is 0 Å². The van der Waals surface area contributed by atoms with Crippen molar-refractivity contribution in [3.63, 3.8) is 0 Å². The van der Waals surface area contributed by atoms with E-state index in [4.69, 9.17) is 0 Å². The lowest BCUT2D eigenvalue weighted by molar-refractivity contribution is 0.190. The summed E-state index contributed by atoms with van der Waals surface area (Å²) in [4.78, 5) is 2.58. The number of hydrogen-bond acceptors (Lipinski definition) is 2. The molecule has 0 atom stereocenters. The number of piperidine rings is 1. The van der Waals surface area contributed by atoms with Gasteiger partial charge in [0.25, 0.3) is 0 Å². The zero-order chi connectivity index (χ0) is 20.3. The number of benzene rings is 3. The van der Waals surface area contributed by atoms with Crippen LogP contribution in [0.15, 0.2) is 72.8 Å². The maximum absolute atomic E-state index is 3.82. The minimum Gasteiger partial charge on any atom is -0.341 e. The van der Waals surface area contributed by atoms with Crippen molar-refractivity contribution in [1.29, 1.82) is 0 Å². The third kappa shape index (κ3) is 5.13. The van der Waals surface area contributed by atoms with Gasteiger partial charge in [0.15, 0.2) is 0 Å². The molecule has 0 aliphatic carbocycles. The molecule has 1 N–H and O–H groups in total. The van der Waals surface area contributed by atoms with E-state index in [0.717, 1.165) is 19.6 Å². The van der Waals surface area contributed by atoms with Gasteiger partial charge >= 0.3 is 0 Å². The number of aryl methyl sites for hydroxylation is 1. The Kier molecular flexibility index (Phi) is 8.61. The van der Waals surface area contributed by atoms with E-state index < -0.39 is 0 Å². The first-order valence-electron chi connectivity index (χ1n) is 11.3. The van der Waals surface area contributed by atoms with E-state index in [1.807, 2.05) is 0 Å². The van der Waals surface area contributed by atoms with Crippen molar-refractivity contribution in [3.8, 4) is 0 Å². The minimum atomic E-state index is 0. The lowest BCUT2D eigenvalue weighted by Gasteiger charge is -2.32. The molecule has 2 heterocycles. The summed E-state index contributed by atoms with van der Waals surface area (Å²) in [6, 6.07) is 27.2. The minimum absolute atomic E-state index is 0. The highest BCUT2D eigenvalue weighted by molar-refractivity contribution is 6.08. The summed E-state index contributed by atoms with van der Waals surface area (Å²) >= 11 is 0. The Balaban J connectivity index is 0.00000144.